The number of likely N-dealkylation sites (tertiary alicyclic amines) is 1. The molecule has 1 unspecified atom stereocenters. The Hall–Kier alpha value is -1.22. The summed E-state index contributed by atoms with van der Waals surface area (Å²) in [7, 11) is 0. The van der Waals surface area contributed by atoms with E-state index in [0.29, 0.717) is 18.7 Å². The highest BCUT2D eigenvalue weighted by Crippen LogP contribution is 2.26. The Morgan fingerprint density at radius 2 is 1.88 bits per heavy atom. The molecule has 0 radical (unpaired) electrons. The van der Waals surface area contributed by atoms with E-state index in [-0.39, 0.29) is 5.92 Å². The van der Waals surface area contributed by atoms with Crippen LogP contribution in [0.3, 0.4) is 0 Å². The zero-order valence-corrected chi connectivity index (χ0v) is 9.18. The lowest BCUT2D eigenvalue weighted by Gasteiger charge is -2.32. The molecule has 1 fully saturated rings. The number of aldehydes is 1. The third-order valence-corrected chi connectivity index (χ3v) is 3.16. The number of rotatable bonds is 3. The lowest BCUT2D eigenvalue weighted by atomic mass is 9.98. The summed E-state index contributed by atoms with van der Waals surface area (Å²) in [5, 5.41) is 0. The van der Waals surface area contributed by atoms with Crippen LogP contribution in [0.2, 0.25) is 0 Å². The number of benzene rings is 1. The Morgan fingerprint density at radius 3 is 2.44 bits per heavy atom. The number of halogens is 1. The van der Waals surface area contributed by atoms with Gasteiger partial charge in [-0.2, -0.15) is 0 Å². The van der Waals surface area contributed by atoms with Crippen molar-refractivity contribution in [2.75, 3.05) is 13.1 Å². The van der Waals surface area contributed by atoms with Crippen molar-refractivity contribution in [2.45, 2.75) is 19.1 Å². The van der Waals surface area contributed by atoms with Gasteiger partial charge in [-0.05, 0) is 12.8 Å². The van der Waals surface area contributed by atoms with E-state index in [1.165, 1.54) is 0 Å². The Morgan fingerprint density at radius 1 is 1.25 bits per heavy atom. The largest absolute Gasteiger partial charge is 0.303 e. The van der Waals surface area contributed by atoms with Crippen LogP contribution in [0.25, 0.3) is 0 Å². The van der Waals surface area contributed by atoms with Crippen LogP contribution in [-0.4, -0.2) is 24.3 Å². The summed E-state index contributed by atoms with van der Waals surface area (Å²) in [6, 6.07) is 9.18. The second kappa shape index (κ2) is 5.21. The molecule has 1 saturated heterocycles. The molecule has 0 bridgehead atoms. The lowest BCUT2D eigenvalue weighted by Crippen LogP contribution is -2.35. The summed E-state index contributed by atoms with van der Waals surface area (Å²) in [4.78, 5) is 12.4. The molecule has 0 spiro atoms. The Labute approximate surface area is 95.1 Å². The molecule has 1 aliphatic rings. The zero-order valence-electron chi connectivity index (χ0n) is 9.18. The minimum absolute atomic E-state index is 0.124. The van der Waals surface area contributed by atoms with Crippen molar-refractivity contribution in [3.63, 3.8) is 0 Å². The average molecular weight is 221 g/mol. The van der Waals surface area contributed by atoms with Gasteiger partial charge in [0.1, 0.15) is 6.29 Å². The van der Waals surface area contributed by atoms with Gasteiger partial charge in [0.25, 0.3) is 0 Å². The van der Waals surface area contributed by atoms with Crippen molar-refractivity contribution in [2.24, 2.45) is 5.92 Å². The maximum Gasteiger partial charge on any atom is 0.179 e. The van der Waals surface area contributed by atoms with Crippen molar-refractivity contribution >= 4 is 6.29 Å². The van der Waals surface area contributed by atoms with Crippen LogP contribution in [0.1, 0.15) is 24.7 Å². The van der Waals surface area contributed by atoms with Gasteiger partial charge >= 0.3 is 0 Å². The molecule has 0 N–H and O–H groups in total. The number of carbonyl (C=O) groups excluding carboxylic acids is 1. The fraction of sp³-hybridized carbons (Fsp3) is 0.462. The number of hydrogen-bond donors (Lipinski definition) is 0. The standard InChI is InChI=1S/C13H16FNO/c14-13(12-4-2-1-3-5-12)15-8-6-11(10-16)7-9-15/h1-5,10-11,13H,6-9H2. The quantitative estimate of drug-likeness (QED) is 0.577. The first kappa shape index (κ1) is 11.3. The van der Waals surface area contributed by atoms with E-state index < -0.39 is 6.30 Å². The van der Waals surface area contributed by atoms with Crippen molar-refractivity contribution in [1.29, 1.82) is 0 Å². The topological polar surface area (TPSA) is 20.3 Å². The van der Waals surface area contributed by atoms with Gasteiger partial charge in [0, 0.05) is 24.6 Å². The molecular weight excluding hydrogens is 205 g/mol. The van der Waals surface area contributed by atoms with Gasteiger partial charge in [-0.1, -0.05) is 30.3 Å². The molecule has 1 atom stereocenters. The molecule has 0 saturated carbocycles. The van der Waals surface area contributed by atoms with E-state index in [0.717, 1.165) is 19.1 Å². The highest BCUT2D eigenvalue weighted by molar-refractivity contribution is 5.53. The van der Waals surface area contributed by atoms with Crippen molar-refractivity contribution < 1.29 is 9.18 Å². The van der Waals surface area contributed by atoms with Crippen LogP contribution in [0.4, 0.5) is 4.39 Å². The van der Waals surface area contributed by atoms with Gasteiger partial charge in [-0.25, -0.2) is 4.39 Å². The summed E-state index contributed by atoms with van der Waals surface area (Å²) < 4.78 is 14.1. The van der Waals surface area contributed by atoms with Gasteiger partial charge in [0.2, 0.25) is 0 Å². The zero-order chi connectivity index (χ0) is 11.4. The molecule has 0 amide bonds. The first-order chi connectivity index (χ1) is 7.81. The number of alkyl halides is 1. The number of piperidine rings is 1. The van der Waals surface area contributed by atoms with Crippen LogP contribution >= 0.6 is 0 Å². The SMILES string of the molecule is O=CC1CCN(C(F)c2ccccc2)CC1. The van der Waals surface area contributed by atoms with Crippen LogP contribution in [0.5, 0.6) is 0 Å². The van der Waals surface area contributed by atoms with Gasteiger partial charge in [-0.3, -0.25) is 4.90 Å². The average Bonchev–Trinajstić information content (AvgIpc) is 2.39. The van der Waals surface area contributed by atoms with E-state index in [1.807, 2.05) is 18.2 Å². The van der Waals surface area contributed by atoms with Crippen LogP contribution in [0.15, 0.2) is 30.3 Å². The second-order valence-electron chi connectivity index (χ2n) is 4.26. The molecule has 1 aromatic carbocycles. The molecule has 2 rings (SSSR count). The second-order valence-corrected chi connectivity index (χ2v) is 4.26. The van der Waals surface area contributed by atoms with E-state index in [1.54, 1.807) is 17.0 Å². The van der Waals surface area contributed by atoms with E-state index in [4.69, 9.17) is 0 Å². The van der Waals surface area contributed by atoms with Crippen molar-refractivity contribution in [3.05, 3.63) is 35.9 Å². The highest BCUT2D eigenvalue weighted by Gasteiger charge is 2.25. The molecule has 2 nitrogen and oxygen atoms in total. The molecule has 1 aromatic rings. The van der Waals surface area contributed by atoms with Gasteiger partial charge in [0.15, 0.2) is 6.30 Å². The minimum Gasteiger partial charge on any atom is -0.303 e. The van der Waals surface area contributed by atoms with Crippen LogP contribution in [0, 0.1) is 5.92 Å². The molecule has 1 heterocycles. The van der Waals surface area contributed by atoms with E-state index >= 15 is 0 Å². The summed E-state index contributed by atoms with van der Waals surface area (Å²) in [6.07, 6.45) is 1.51. The summed E-state index contributed by atoms with van der Waals surface area (Å²) in [5.41, 5.74) is 0.701. The lowest BCUT2D eigenvalue weighted by molar-refractivity contribution is -0.112. The predicted octanol–water partition coefficient (Wildman–Crippen LogP) is 2.57. The van der Waals surface area contributed by atoms with Crippen molar-refractivity contribution in [3.8, 4) is 0 Å². The fourth-order valence-corrected chi connectivity index (χ4v) is 2.10. The first-order valence-electron chi connectivity index (χ1n) is 5.69. The fourth-order valence-electron chi connectivity index (χ4n) is 2.10. The summed E-state index contributed by atoms with van der Waals surface area (Å²) >= 11 is 0. The first-order valence-corrected chi connectivity index (χ1v) is 5.69. The molecule has 86 valence electrons. The highest BCUT2D eigenvalue weighted by atomic mass is 19.1. The summed E-state index contributed by atoms with van der Waals surface area (Å²) in [5.74, 6) is 0.124. The van der Waals surface area contributed by atoms with Gasteiger partial charge in [0.05, 0.1) is 0 Å². The molecule has 1 aliphatic heterocycles. The predicted molar refractivity (Wildman–Crippen MR) is 60.7 cm³/mol. The van der Waals surface area contributed by atoms with Gasteiger partial charge in [-0.15, -0.1) is 0 Å². The molecule has 0 aromatic heterocycles. The van der Waals surface area contributed by atoms with E-state index in [9.17, 15) is 9.18 Å². The van der Waals surface area contributed by atoms with E-state index in [2.05, 4.69) is 0 Å². The number of carbonyl (C=O) groups is 1. The normalized spacial score (nSPS) is 20.6. The maximum atomic E-state index is 14.1. The Balaban J connectivity index is 1.96. The third-order valence-electron chi connectivity index (χ3n) is 3.16. The molecule has 3 heteroatoms. The van der Waals surface area contributed by atoms with Crippen LogP contribution < -0.4 is 0 Å². The molecule has 0 aliphatic carbocycles. The monoisotopic (exact) mass is 221 g/mol. The Bertz CT molecular complexity index is 333. The van der Waals surface area contributed by atoms with Crippen LogP contribution in [-0.2, 0) is 4.79 Å². The smallest absolute Gasteiger partial charge is 0.179 e. The third kappa shape index (κ3) is 2.47. The van der Waals surface area contributed by atoms with Crippen molar-refractivity contribution in [1.82, 2.24) is 4.90 Å². The number of hydrogen-bond acceptors (Lipinski definition) is 2. The maximum absolute atomic E-state index is 14.1. The molecular formula is C13H16FNO. The summed E-state index contributed by atoms with van der Waals surface area (Å²) in [6.45, 7) is 1.33. The molecule has 16 heavy (non-hydrogen) atoms. The Kier molecular flexibility index (Phi) is 3.67. The number of nitrogens with zero attached hydrogens (tertiary/aromatic N) is 1. The van der Waals surface area contributed by atoms with Gasteiger partial charge < -0.3 is 4.79 Å². The minimum atomic E-state index is -1.03.